The van der Waals surface area contributed by atoms with Crippen LogP contribution in [0.3, 0.4) is 0 Å². The fourth-order valence-corrected chi connectivity index (χ4v) is 3.74. The smallest absolute Gasteiger partial charge is 0.265 e. The summed E-state index contributed by atoms with van der Waals surface area (Å²) < 4.78 is 38.4. The van der Waals surface area contributed by atoms with Crippen LogP contribution in [0.2, 0.25) is 0 Å². The molecule has 1 aromatic heterocycles. The third-order valence-electron chi connectivity index (χ3n) is 3.87. The van der Waals surface area contributed by atoms with Gasteiger partial charge in [0.05, 0.1) is 14.2 Å². The minimum Gasteiger partial charge on any atom is -0.497 e. The van der Waals surface area contributed by atoms with E-state index in [9.17, 15) is 8.42 Å². The van der Waals surface area contributed by atoms with Crippen molar-refractivity contribution >= 4 is 27.2 Å². The number of anilines is 3. The normalized spacial score (nSPS) is 11.0. The molecule has 146 valence electrons. The first-order valence-electron chi connectivity index (χ1n) is 8.32. The standard InChI is InChI=1S/C19H20N4O4S/c1-13-10-19(21-12-20-13)22-14-4-6-15(7-5-14)23-28(24,25)18-11-16(26-2)8-9-17(18)27-3/h4-12,23H,1-3H3,(H,20,21,22). The number of hydrogen-bond acceptors (Lipinski definition) is 7. The van der Waals surface area contributed by atoms with E-state index in [1.807, 2.05) is 13.0 Å². The highest BCUT2D eigenvalue weighted by Gasteiger charge is 2.20. The molecule has 28 heavy (non-hydrogen) atoms. The zero-order valence-electron chi connectivity index (χ0n) is 15.6. The maximum atomic E-state index is 12.8. The van der Waals surface area contributed by atoms with Gasteiger partial charge in [-0.2, -0.15) is 0 Å². The number of aryl methyl sites for hydroxylation is 1. The highest BCUT2D eigenvalue weighted by Crippen LogP contribution is 2.30. The molecular formula is C19H20N4O4S. The fourth-order valence-electron chi connectivity index (χ4n) is 2.50. The lowest BCUT2D eigenvalue weighted by Crippen LogP contribution is -2.14. The molecule has 2 aromatic carbocycles. The van der Waals surface area contributed by atoms with E-state index in [-0.39, 0.29) is 10.6 Å². The van der Waals surface area contributed by atoms with Crippen LogP contribution in [0, 0.1) is 6.92 Å². The minimum absolute atomic E-state index is 0.00647. The lowest BCUT2D eigenvalue weighted by Gasteiger charge is -2.13. The van der Waals surface area contributed by atoms with Crippen molar-refractivity contribution in [1.82, 2.24) is 9.97 Å². The SMILES string of the molecule is COc1ccc(OC)c(S(=O)(=O)Nc2ccc(Nc3cc(C)ncn3)cc2)c1. The number of methoxy groups -OCH3 is 2. The van der Waals surface area contributed by atoms with E-state index >= 15 is 0 Å². The summed E-state index contributed by atoms with van der Waals surface area (Å²) in [7, 11) is -0.980. The van der Waals surface area contributed by atoms with Crippen LogP contribution in [0.4, 0.5) is 17.2 Å². The van der Waals surface area contributed by atoms with Gasteiger partial charge in [0.25, 0.3) is 10.0 Å². The van der Waals surface area contributed by atoms with Gasteiger partial charge in [0.2, 0.25) is 0 Å². The van der Waals surface area contributed by atoms with E-state index < -0.39 is 10.0 Å². The second kappa shape index (κ2) is 8.13. The van der Waals surface area contributed by atoms with Crippen molar-refractivity contribution in [2.24, 2.45) is 0 Å². The van der Waals surface area contributed by atoms with Gasteiger partial charge >= 0.3 is 0 Å². The van der Waals surface area contributed by atoms with Crippen LogP contribution in [0.5, 0.6) is 11.5 Å². The number of nitrogens with one attached hydrogen (secondary N) is 2. The molecule has 0 saturated heterocycles. The Morgan fingerprint density at radius 1 is 0.893 bits per heavy atom. The molecule has 8 nitrogen and oxygen atoms in total. The molecule has 0 radical (unpaired) electrons. The number of sulfonamides is 1. The molecule has 9 heteroatoms. The van der Waals surface area contributed by atoms with Gasteiger partial charge in [-0.3, -0.25) is 4.72 Å². The number of nitrogens with zero attached hydrogens (tertiary/aromatic N) is 2. The molecule has 2 N–H and O–H groups in total. The monoisotopic (exact) mass is 400 g/mol. The first-order chi connectivity index (χ1) is 13.4. The van der Waals surface area contributed by atoms with Crippen LogP contribution in [0.15, 0.2) is 59.8 Å². The minimum atomic E-state index is -3.86. The van der Waals surface area contributed by atoms with Crippen molar-refractivity contribution in [3.8, 4) is 11.5 Å². The summed E-state index contributed by atoms with van der Waals surface area (Å²) in [6.07, 6.45) is 1.47. The summed E-state index contributed by atoms with van der Waals surface area (Å²) in [4.78, 5) is 8.17. The van der Waals surface area contributed by atoms with Crippen LogP contribution >= 0.6 is 0 Å². The first kappa shape index (κ1) is 19.4. The van der Waals surface area contributed by atoms with Crippen molar-refractivity contribution in [2.45, 2.75) is 11.8 Å². The molecular weight excluding hydrogens is 380 g/mol. The molecule has 1 heterocycles. The number of rotatable bonds is 7. The van der Waals surface area contributed by atoms with Gasteiger partial charge in [0.1, 0.15) is 28.5 Å². The van der Waals surface area contributed by atoms with E-state index in [2.05, 4.69) is 20.0 Å². The van der Waals surface area contributed by atoms with Crippen LogP contribution in [0.25, 0.3) is 0 Å². The van der Waals surface area contributed by atoms with E-state index in [0.29, 0.717) is 17.3 Å². The Bertz CT molecular complexity index is 1070. The second-order valence-electron chi connectivity index (χ2n) is 5.87. The largest absolute Gasteiger partial charge is 0.497 e. The number of benzene rings is 2. The van der Waals surface area contributed by atoms with Gasteiger partial charge < -0.3 is 14.8 Å². The number of aromatic nitrogens is 2. The van der Waals surface area contributed by atoms with Crippen molar-refractivity contribution < 1.29 is 17.9 Å². The average molecular weight is 400 g/mol. The zero-order valence-corrected chi connectivity index (χ0v) is 16.4. The average Bonchev–Trinajstić information content (AvgIpc) is 2.69. The Hall–Kier alpha value is -3.33. The van der Waals surface area contributed by atoms with Gasteiger partial charge in [-0.25, -0.2) is 18.4 Å². The third-order valence-corrected chi connectivity index (χ3v) is 5.28. The summed E-state index contributed by atoms with van der Waals surface area (Å²) in [5.41, 5.74) is 2.02. The quantitative estimate of drug-likeness (QED) is 0.627. The van der Waals surface area contributed by atoms with Crippen LogP contribution in [-0.4, -0.2) is 32.6 Å². The van der Waals surface area contributed by atoms with Gasteiger partial charge in [-0.15, -0.1) is 0 Å². The maximum Gasteiger partial charge on any atom is 0.265 e. The molecule has 0 aliphatic rings. The molecule has 0 saturated carbocycles. The highest BCUT2D eigenvalue weighted by molar-refractivity contribution is 7.92. The number of hydrogen-bond donors (Lipinski definition) is 2. The Morgan fingerprint density at radius 2 is 1.61 bits per heavy atom. The van der Waals surface area contributed by atoms with E-state index in [1.54, 1.807) is 36.4 Å². The Kier molecular flexibility index (Phi) is 5.65. The predicted molar refractivity (Wildman–Crippen MR) is 107 cm³/mol. The molecule has 0 bridgehead atoms. The van der Waals surface area contributed by atoms with Crippen molar-refractivity contribution in [3.63, 3.8) is 0 Å². The summed E-state index contributed by atoms with van der Waals surface area (Å²) in [5, 5.41) is 3.13. The molecule has 0 amide bonds. The van der Waals surface area contributed by atoms with Gasteiger partial charge in [-0.1, -0.05) is 0 Å². The van der Waals surface area contributed by atoms with Crippen molar-refractivity contribution in [2.75, 3.05) is 24.3 Å². The van der Waals surface area contributed by atoms with Gasteiger partial charge in [-0.05, 0) is 43.3 Å². The van der Waals surface area contributed by atoms with E-state index in [1.165, 1.54) is 26.6 Å². The number of ether oxygens (including phenoxy) is 2. The van der Waals surface area contributed by atoms with Gasteiger partial charge in [0.15, 0.2) is 0 Å². The fraction of sp³-hybridized carbons (Fsp3) is 0.158. The molecule has 0 atom stereocenters. The molecule has 0 aliphatic carbocycles. The topological polar surface area (TPSA) is 102 Å². The highest BCUT2D eigenvalue weighted by atomic mass is 32.2. The van der Waals surface area contributed by atoms with Crippen LogP contribution in [-0.2, 0) is 10.0 Å². The Labute approximate surface area is 163 Å². The van der Waals surface area contributed by atoms with E-state index in [4.69, 9.17) is 9.47 Å². The second-order valence-corrected chi connectivity index (χ2v) is 7.52. The van der Waals surface area contributed by atoms with Crippen molar-refractivity contribution in [3.05, 3.63) is 60.6 Å². The molecule has 3 aromatic rings. The summed E-state index contributed by atoms with van der Waals surface area (Å²) in [6, 6.07) is 13.2. The van der Waals surface area contributed by atoms with Crippen LogP contribution in [0.1, 0.15) is 5.69 Å². The van der Waals surface area contributed by atoms with Crippen molar-refractivity contribution in [1.29, 1.82) is 0 Å². The molecule has 0 aliphatic heterocycles. The molecule has 3 rings (SSSR count). The lowest BCUT2D eigenvalue weighted by atomic mass is 10.3. The first-order valence-corrected chi connectivity index (χ1v) is 9.80. The Balaban J connectivity index is 1.80. The van der Waals surface area contributed by atoms with Crippen LogP contribution < -0.4 is 19.5 Å². The summed E-state index contributed by atoms with van der Waals surface area (Å²) >= 11 is 0. The zero-order chi connectivity index (χ0) is 20.1. The third kappa shape index (κ3) is 4.49. The molecule has 0 unspecified atom stereocenters. The van der Waals surface area contributed by atoms with Gasteiger partial charge in [0, 0.05) is 29.2 Å². The summed E-state index contributed by atoms with van der Waals surface area (Å²) in [5.74, 6) is 1.30. The lowest BCUT2D eigenvalue weighted by molar-refractivity contribution is 0.392. The molecule has 0 fully saturated rings. The maximum absolute atomic E-state index is 12.8. The van der Waals surface area contributed by atoms with E-state index in [0.717, 1.165) is 11.4 Å². The molecule has 0 spiro atoms. The summed E-state index contributed by atoms with van der Waals surface area (Å²) in [6.45, 7) is 1.87. The Morgan fingerprint density at radius 3 is 2.25 bits per heavy atom. The predicted octanol–water partition coefficient (Wildman–Crippen LogP) is 3.35.